The minimum Gasteiger partial charge on any atom is -0.465 e. The largest absolute Gasteiger partial charge is 0.465 e. The summed E-state index contributed by atoms with van der Waals surface area (Å²) in [5.74, 6) is 0.684. The number of aromatic nitrogens is 1. The van der Waals surface area contributed by atoms with E-state index in [1.165, 1.54) is 11.3 Å². The highest BCUT2D eigenvalue weighted by atomic mass is 32.2. The van der Waals surface area contributed by atoms with Crippen LogP contribution in [-0.4, -0.2) is 18.5 Å². The van der Waals surface area contributed by atoms with Crippen LogP contribution in [0, 0.1) is 20.8 Å². The second-order valence-electron chi connectivity index (χ2n) is 4.36. The van der Waals surface area contributed by atoms with E-state index >= 15 is 0 Å². The van der Waals surface area contributed by atoms with Gasteiger partial charge in [0.05, 0.1) is 23.9 Å². The molecule has 2 aromatic rings. The lowest BCUT2D eigenvalue weighted by molar-refractivity contribution is 0.276. The van der Waals surface area contributed by atoms with Crippen LogP contribution in [0.1, 0.15) is 27.8 Å². The number of hydrogen-bond donors (Lipinski definition) is 2. The Hall–Kier alpha value is -1.22. The van der Waals surface area contributed by atoms with E-state index < -0.39 is 10.0 Å². The Bertz CT molecular complexity index is 716. The highest BCUT2D eigenvalue weighted by molar-refractivity contribution is 7.89. The molecule has 6 nitrogen and oxygen atoms in total. The van der Waals surface area contributed by atoms with Gasteiger partial charge in [-0.15, -0.1) is 11.3 Å². The molecule has 2 heterocycles. The van der Waals surface area contributed by atoms with Crippen LogP contribution in [0.5, 0.6) is 0 Å². The number of thiazole rings is 1. The van der Waals surface area contributed by atoms with Crippen molar-refractivity contribution in [2.24, 2.45) is 0 Å². The quantitative estimate of drug-likeness (QED) is 0.874. The summed E-state index contributed by atoms with van der Waals surface area (Å²) < 4.78 is 32.4. The maximum Gasteiger partial charge on any atom is 0.244 e. The van der Waals surface area contributed by atoms with Gasteiger partial charge >= 0.3 is 0 Å². The van der Waals surface area contributed by atoms with Gasteiger partial charge in [0.1, 0.15) is 16.4 Å². The highest BCUT2D eigenvalue weighted by Gasteiger charge is 2.26. The van der Waals surface area contributed by atoms with Gasteiger partial charge in [-0.3, -0.25) is 0 Å². The summed E-state index contributed by atoms with van der Waals surface area (Å²) >= 11 is 1.46. The first-order valence-corrected chi connectivity index (χ1v) is 8.32. The molecule has 0 saturated carbocycles. The maximum atomic E-state index is 12.3. The fourth-order valence-corrected chi connectivity index (χ4v) is 4.02. The molecule has 8 heteroatoms. The predicted molar refractivity (Wildman–Crippen MR) is 75.0 cm³/mol. The number of nitrogens with zero attached hydrogens (tertiary/aromatic N) is 1. The molecule has 110 valence electrons. The van der Waals surface area contributed by atoms with Gasteiger partial charge in [-0.05, 0) is 20.8 Å². The van der Waals surface area contributed by atoms with Gasteiger partial charge in [-0.1, -0.05) is 0 Å². The van der Waals surface area contributed by atoms with Crippen molar-refractivity contribution in [2.45, 2.75) is 38.8 Å². The first-order valence-electron chi connectivity index (χ1n) is 5.95. The van der Waals surface area contributed by atoms with Gasteiger partial charge in [0.15, 0.2) is 0 Å². The lowest BCUT2D eigenvalue weighted by Gasteiger charge is -2.06. The monoisotopic (exact) mass is 316 g/mol. The van der Waals surface area contributed by atoms with Crippen molar-refractivity contribution in [3.05, 3.63) is 33.2 Å². The molecule has 0 spiro atoms. The summed E-state index contributed by atoms with van der Waals surface area (Å²) in [4.78, 5) is 4.21. The molecular weight excluding hydrogens is 300 g/mol. The molecule has 0 aliphatic heterocycles. The smallest absolute Gasteiger partial charge is 0.244 e. The third kappa shape index (κ3) is 2.93. The molecule has 0 aliphatic rings. The summed E-state index contributed by atoms with van der Waals surface area (Å²) in [5, 5.41) is 12.0. The first kappa shape index (κ1) is 15.2. The third-order valence-electron chi connectivity index (χ3n) is 2.86. The summed E-state index contributed by atoms with van der Waals surface area (Å²) in [6.45, 7) is 4.78. The summed E-state index contributed by atoms with van der Waals surface area (Å²) in [5.41, 5.74) is 0.962. The van der Waals surface area contributed by atoms with Crippen molar-refractivity contribution < 1.29 is 17.9 Å². The van der Waals surface area contributed by atoms with Crippen LogP contribution in [0.15, 0.2) is 14.7 Å². The summed E-state index contributed by atoms with van der Waals surface area (Å²) in [6, 6.07) is 0. The standard InChI is InChI=1S/C12H16N2O4S2/c1-7-11(5-15)12(8(2)18-7)20(16,17)13-4-10-6-19-9(3)14-10/h6,13,15H,4-5H2,1-3H3. The number of nitrogens with one attached hydrogen (secondary N) is 1. The molecule has 0 amide bonds. The van der Waals surface area contributed by atoms with Crippen molar-refractivity contribution in [3.8, 4) is 0 Å². The van der Waals surface area contributed by atoms with E-state index in [1.807, 2.05) is 6.92 Å². The number of aliphatic hydroxyl groups excluding tert-OH is 1. The molecule has 0 aliphatic carbocycles. The molecule has 20 heavy (non-hydrogen) atoms. The van der Waals surface area contributed by atoms with Gasteiger partial charge in [-0.2, -0.15) is 0 Å². The third-order valence-corrected chi connectivity index (χ3v) is 5.28. The van der Waals surface area contributed by atoms with Crippen molar-refractivity contribution in [1.29, 1.82) is 0 Å². The lowest BCUT2D eigenvalue weighted by Crippen LogP contribution is -2.24. The molecule has 2 N–H and O–H groups in total. The van der Waals surface area contributed by atoms with Crippen LogP contribution in [0.2, 0.25) is 0 Å². The summed E-state index contributed by atoms with van der Waals surface area (Å²) in [7, 11) is -3.74. The number of sulfonamides is 1. The zero-order valence-corrected chi connectivity index (χ0v) is 13.1. The predicted octanol–water partition coefficient (Wildman–Crippen LogP) is 1.63. The van der Waals surface area contributed by atoms with E-state index in [-0.39, 0.29) is 23.8 Å². The van der Waals surface area contributed by atoms with Crippen LogP contribution in [0.25, 0.3) is 0 Å². The van der Waals surface area contributed by atoms with Gasteiger partial charge in [0.25, 0.3) is 0 Å². The zero-order chi connectivity index (χ0) is 14.9. The Kier molecular flexibility index (Phi) is 4.28. The van der Waals surface area contributed by atoms with Crippen molar-refractivity contribution in [1.82, 2.24) is 9.71 Å². The number of hydrogen-bond acceptors (Lipinski definition) is 6. The Morgan fingerprint density at radius 1 is 1.35 bits per heavy atom. The molecule has 0 radical (unpaired) electrons. The Labute approximate surface area is 121 Å². The first-order chi connectivity index (χ1) is 9.35. The molecule has 0 fully saturated rings. The summed E-state index contributed by atoms with van der Waals surface area (Å²) in [6.07, 6.45) is 0. The van der Waals surface area contributed by atoms with Gasteiger partial charge < -0.3 is 9.52 Å². The number of aliphatic hydroxyl groups is 1. The van der Waals surface area contributed by atoms with E-state index in [0.717, 1.165) is 5.01 Å². The SMILES string of the molecule is Cc1nc(CNS(=O)(=O)c2c(C)oc(C)c2CO)cs1. The second kappa shape index (κ2) is 5.65. The topological polar surface area (TPSA) is 92.4 Å². The van der Waals surface area contributed by atoms with E-state index in [2.05, 4.69) is 9.71 Å². The molecular formula is C12H16N2O4S2. The zero-order valence-electron chi connectivity index (χ0n) is 11.4. The average molecular weight is 316 g/mol. The maximum absolute atomic E-state index is 12.3. The van der Waals surface area contributed by atoms with E-state index in [4.69, 9.17) is 4.42 Å². The van der Waals surface area contributed by atoms with Crippen LogP contribution in [0.3, 0.4) is 0 Å². The molecule has 2 aromatic heterocycles. The van der Waals surface area contributed by atoms with Crippen molar-refractivity contribution in [2.75, 3.05) is 0 Å². The minimum absolute atomic E-state index is 0.0180. The fourth-order valence-electron chi connectivity index (χ4n) is 1.98. The van der Waals surface area contributed by atoms with Crippen LogP contribution < -0.4 is 4.72 Å². The molecule has 0 unspecified atom stereocenters. The van der Waals surface area contributed by atoms with Crippen LogP contribution in [-0.2, 0) is 23.2 Å². The Morgan fingerprint density at radius 3 is 2.60 bits per heavy atom. The van der Waals surface area contributed by atoms with E-state index in [0.29, 0.717) is 17.0 Å². The number of furan rings is 1. The van der Waals surface area contributed by atoms with Gasteiger partial charge in [0.2, 0.25) is 10.0 Å². The van der Waals surface area contributed by atoms with Crippen LogP contribution >= 0.6 is 11.3 Å². The Balaban J connectivity index is 2.27. The molecule has 2 rings (SSSR count). The lowest BCUT2D eigenvalue weighted by atomic mass is 10.2. The molecule has 0 aromatic carbocycles. The molecule has 0 saturated heterocycles. The van der Waals surface area contributed by atoms with Crippen molar-refractivity contribution >= 4 is 21.4 Å². The minimum atomic E-state index is -3.74. The molecule has 0 atom stereocenters. The number of aryl methyl sites for hydroxylation is 3. The van der Waals surface area contributed by atoms with E-state index in [9.17, 15) is 13.5 Å². The van der Waals surface area contributed by atoms with Crippen LogP contribution in [0.4, 0.5) is 0 Å². The van der Waals surface area contributed by atoms with Gasteiger partial charge in [-0.25, -0.2) is 18.1 Å². The fraction of sp³-hybridized carbons (Fsp3) is 0.417. The van der Waals surface area contributed by atoms with Crippen molar-refractivity contribution in [3.63, 3.8) is 0 Å². The van der Waals surface area contributed by atoms with Gasteiger partial charge in [0, 0.05) is 10.9 Å². The number of rotatable bonds is 5. The van der Waals surface area contributed by atoms with E-state index in [1.54, 1.807) is 19.2 Å². The normalized spacial score (nSPS) is 12.0. The highest BCUT2D eigenvalue weighted by Crippen LogP contribution is 2.26. The Morgan fingerprint density at radius 2 is 2.05 bits per heavy atom. The average Bonchev–Trinajstić information content (AvgIpc) is 2.90. The second-order valence-corrected chi connectivity index (χ2v) is 7.13. The molecule has 0 bridgehead atoms.